The van der Waals surface area contributed by atoms with Crippen LogP contribution in [-0.2, 0) is 45.1 Å². The van der Waals surface area contributed by atoms with Gasteiger partial charge in [-0.2, -0.15) is 0 Å². The molecule has 0 radical (unpaired) electrons. The number of hydrogen-bond donors (Lipinski definition) is 4. The van der Waals surface area contributed by atoms with E-state index in [1.54, 1.807) is 19.6 Å². The lowest BCUT2D eigenvalue weighted by atomic mass is 10.1. The van der Waals surface area contributed by atoms with Crippen molar-refractivity contribution >= 4 is 24.2 Å². The first-order valence-electron chi connectivity index (χ1n) is 17.0. The number of nitrogens with zero attached hydrogens (tertiary/aromatic N) is 4. The molecule has 2 saturated heterocycles. The number of urea groups is 2. The summed E-state index contributed by atoms with van der Waals surface area (Å²) in [6.07, 6.45) is 1.54. The number of amides is 6. The molecule has 2 fully saturated rings. The van der Waals surface area contributed by atoms with Gasteiger partial charge in [0, 0.05) is 78.5 Å². The Morgan fingerprint density at radius 3 is 1.51 bits per heavy atom. The minimum Gasteiger partial charge on any atom is -0.447 e. The summed E-state index contributed by atoms with van der Waals surface area (Å²) in [6.45, 7) is 5.15. The normalized spacial score (nSPS) is 14.2. The van der Waals surface area contributed by atoms with Crippen molar-refractivity contribution in [1.29, 1.82) is 0 Å². The second-order valence-electron chi connectivity index (χ2n) is 11.7. The summed E-state index contributed by atoms with van der Waals surface area (Å²) in [6, 6.07) is 15.1. The lowest BCUT2D eigenvalue weighted by molar-refractivity contribution is 0.0542. The number of carbonyl (C=O) groups excluding carboxylic acids is 4. The molecule has 6 amide bonds. The summed E-state index contributed by atoms with van der Waals surface area (Å²) in [4.78, 5) is 56.2. The number of rotatable bonds is 13. The lowest BCUT2D eigenvalue weighted by Gasteiger charge is -2.34. The van der Waals surface area contributed by atoms with Crippen LogP contribution in [0.3, 0.4) is 0 Å². The molecular formula is C35H48N8O8. The highest BCUT2D eigenvalue weighted by atomic mass is 16.6. The molecule has 16 heteroatoms. The summed E-state index contributed by atoms with van der Waals surface area (Å²) in [7, 11) is 0. The van der Waals surface area contributed by atoms with E-state index in [1.807, 2.05) is 48.5 Å². The molecule has 16 nitrogen and oxygen atoms in total. The highest BCUT2D eigenvalue weighted by Crippen LogP contribution is 2.09. The number of carbonyl (C=O) groups is 4. The Bertz CT molecular complexity index is 1500. The van der Waals surface area contributed by atoms with Crippen molar-refractivity contribution in [2.75, 3.05) is 85.4 Å². The van der Waals surface area contributed by atoms with E-state index >= 15 is 0 Å². The first kappa shape index (κ1) is 38.6. The van der Waals surface area contributed by atoms with Gasteiger partial charge in [0.25, 0.3) is 0 Å². The summed E-state index contributed by atoms with van der Waals surface area (Å²) in [5.74, 6) is 2.68. The molecule has 2 aromatic carbocycles. The van der Waals surface area contributed by atoms with Gasteiger partial charge in [0.1, 0.15) is 32.5 Å². The minimum absolute atomic E-state index is 0.0233. The van der Waals surface area contributed by atoms with E-state index in [2.05, 4.69) is 22.7 Å². The van der Waals surface area contributed by atoms with Crippen molar-refractivity contribution in [3.63, 3.8) is 0 Å². The first-order valence-corrected chi connectivity index (χ1v) is 17.0. The van der Waals surface area contributed by atoms with Crippen molar-refractivity contribution in [2.24, 2.45) is 11.5 Å². The zero-order valence-corrected chi connectivity index (χ0v) is 28.8. The molecule has 0 bridgehead atoms. The third kappa shape index (κ3) is 13.2. The van der Waals surface area contributed by atoms with E-state index in [-0.39, 0.29) is 45.1 Å². The second kappa shape index (κ2) is 21.1. The fourth-order valence-electron chi connectivity index (χ4n) is 5.29. The Hall–Kier alpha value is -5.24. The number of nitrogens with one attached hydrogen (secondary N) is 2. The smallest absolute Gasteiger partial charge is 0.410 e. The number of piperazine rings is 2. The second-order valence-corrected chi connectivity index (χ2v) is 11.7. The standard InChI is InChI=1S/C35H48N8O8/c36-24-28-4-1-6-30(22-28)26-38-32(44)40-8-12-42(13-9-40)34(46)50-20-18-48-16-3-17-49-19-21-51-35(47)43-14-10-41(11-15-43)33(45)39-27-31-7-2-5-29(23-31)25-37/h1-2,4-7,22-23H,8-16,18-21,24-27,36-37H2,(H,38,44)(H,39,45). The lowest BCUT2D eigenvalue weighted by Crippen LogP contribution is -2.53. The van der Waals surface area contributed by atoms with Gasteiger partial charge >= 0.3 is 24.2 Å². The summed E-state index contributed by atoms with van der Waals surface area (Å²) >= 11 is 0. The van der Waals surface area contributed by atoms with Crippen molar-refractivity contribution < 1.29 is 38.1 Å². The fraction of sp³-hybridized carbons (Fsp3) is 0.486. The van der Waals surface area contributed by atoms with Gasteiger partial charge in [-0.25, -0.2) is 19.2 Å². The Morgan fingerprint density at radius 1 is 0.608 bits per heavy atom. The van der Waals surface area contributed by atoms with Gasteiger partial charge in [0.05, 0.1) is 6.61 Å². The molecule has 2 aliphatic rings. The van der Waals surface area contributed by atoms with Crippen LogP contribution < -0.4 is 22.1 Å². The molecule has 51 heavy (non-hydrogen) atoms. The molecule has 2 aromatic rings. The van der Waals surface area contributed by atoms with Crippen LogP contribution in [0.15, 0.2) is 48.5 Å². The number of benzene rings is 2. The van der Waals surface area contributed by atoms with Crippen molar-refractivity contribution in [2.45, 2.75) is 26.2 Å². The van der Waals surface area contributed by atoms with E-state index in [9.17, 15) is 19.2 Å². The average molecular weight is 709 g/mol. The van der Waals surface area contributed by atoms with Gasteiger partial charge in [0.2, 0.25) is 0 Å². The van der Waals surface area contributed by atoms with Gasteiger partial charge in [0.15, 0.2) is 0 Å². The first-order chi connectivity index (χ1) is 24.9. The fourth-order valence-corrected chi connectivity index (χ4v) is 5.29. The van der Waals surface area contributed by atoms with E-state index < -0.39 is 12.2 Å². The molecule has 2 aliphatic heterocycles. The highest BCUT2D eigenvalue weighted by Gasteiger charge is 2.26. The highest BCUT2D eigenvalue weighted by molar-refractivity contribution is 5.75. The minimum atomic E-state index is -0.476. The molecule has 0 aromatic heterocycles. The van der Waals surface area contributed by atoms with E-state index in [0.29, 0.717) is 78.5 Å². The van der Waals surface area contributed by atoms with Crippen LogP contribution in [-0.4, -0.2) is 129 Å². The van der Waals surface area contributed by atoms with Crippen LogP contribution in [0, 0.1) is 12.0 Å². The van der Waals surface area contributed by atoms with E-state index in [0.717, 1.165) is 22.3 Å². The number of hydrogen-bond acceptors (Lipinski definition) is 10. The van der Waals surface area contributed by atoms with Crippen LogP contribution in [0.25, 0.3) is 0 Å². The SMILES string of the molecule is NCc1cccc(CNC(=O)N2CCN(C(=O)OCCOC#CCOCCOC(=O)N3CCN(C(=O)NCc4cccc(CN)c4)CC3)CC2)c1. The topological polar surface area (TPSA) is 194 Å². The third-order valence-corrected chi connectivity index (χ3v) is 8.17. The quantitative estimate of drug-likeness (QED) is 0.174. The predicted molar refractivity (Wildman–Crippen MR) is 187 cm³/mol. The monoisotopic (exact) mass is 708 g/mol. The maximum atomic E-state index is 12.5. The molecule has 2 heterocycles. The zero-order chi connectivity index (χ0) is 36.3. The number of ether oxygens (including phenoxy) is 4. The molecule has 0 aliphatic carbocycles. The Labute approximate surface area is 298 Å². The van der Waals surface area contributed by atoms with E-state index in [4.69, 9.17) is 30.4 Å². The average Bonchev–Trinajstić information content (AvgIpc) is 3.18. The van der Waals surface area contributed by atoms with Gasteiger partial charge in [-0.05, 0) is 28.2 Å². The molecule has 276 valence electrons. The Balaban J connectivity index is 0.962. The van der Waals surface area contributed by atoms with Crippen LogP contribution in [0.2, 0.25) is 0 Å². The van der Waals surface area contributed by atoms with Gasteiger partial charge < -0.3 is 60.6 Å². The van der Waals surface area contributed by atoms with Crippen molar-refractivity contribution in [1.82, 2.24) is 30.2 Å². The largest absolute Gasteiger partial charge is 0.447 e. The van der Waals surface area contributed by atoms with Crippen molar-refractivity contribution in [3.05, 3.63) is 70.8 Å². The molecule has 0 spiro atoms. The predicted octanol–water partition coefficient (Wildman–Crippen LogP) is 1.23. The maximum absolute atomic E-state index is 12.5. The third-order valence-electron chi connectivity index (χ3n) is 8.17. The van der Waals surface area contributed by atoms with Crippen molar-refractivity contribution in [3.8, 4) is 12.0 Å². The number of nitrogens with two attached hydrogens (primary N) is 2. The Morgan fingerprint density at radius 2 is 1.04 bits per heavy atom. The van der Waals surface area contributed by atoms with Crippen LogP contribution in [0.5, 0.6) is 0 Å². The Kier molecular flexibility index (Phi) is 15.9. The van der Waals surface area contributed by atoms with Gasteiger partial charge in [-0.3, -0.25) is 0 Å². The molecule has 0 atom stereocenters. The summed E-state index contributed by atoms with van der Waals surface area (Å²) in [5.41, 5.74) is 15.3. The molecule has 6 N–H and O–H groups in total. The van der Waals surface area contributed by atoms with Gasteiger partial charge in [-0.15, -0.1) is 0 Å². The maximum Gasteiger partial charge on any atom is 0.410 e. The molecular weight excluding hydrogens is 660 g/mol. The summed E-state index contributed by atoms with van der Waals surface area (Å²) < 4.78 is 21.0. The van der Waals surface area contributed by atoms with Crippen LogP contribution >= 0.6 is 0 Å². The molecule has 4 rings (SSSR count). The van der Waals surface area contributed by atoms with Crippen LogP contribution in [0.1, 0.15) is 22.3 Å². The molecule has 0 unspecified atom stereocenters. The van der Waals surface area contributed by atoms with Crippen LogP contribution in [0.4, 0.5) is 19.2 Å². The summed E-state index contributed by atoms with van der Waals surface area (Å²) in [5, 5.41) is 5.81. The molecule has 0 saturated carbocycles. The zero-order valence-electron chi connectivity index (χ0n) is 28.8. The van der Waals surface area contributed by atoms with Gasteiger partial charge in [-0.1, -0.05) is 48.5 Å². The van der Waals surface area contributed by atoms with E-state index in [1.165, 1.54) is 0 Å².